The zero-order valence-electron chi connectivity index (χ0n) is 16.3. The van der Waals surface area contributed by atoms with Crippen molar-refractivity contribution in [1.29, 1.82) is 0 Å². The van der Waals surface area contributed by atoms with Crippen LogP contribution < -0.4 is 10.1 Å². The van der Waals surface area contributed by atoms with E-state index in [0.717, 1.165) is 29.8 Å². The normalized spacial score (nSPS) is 13.6. The summed E-state index contributed by atoms with van der Waals surface area (Å²) in [5.74, 6) is 1.73. The van der Waals surface area contributed by atoms with Crippen LogP contribution in [0, 0.1) is 12.8 Å². The zero-order valence-corrected chi connectivity index (χ0v) is 16.3. The van der Waals surface area contributed by atoms with Crippen molar-refractivity contribution in [3.63, 3.8) is 0 Å². The fourth-order valence-electron chi connectivity index (χ4n) is 2.80. The van der Waals surface area contributed by atoms with Crippen molar-refractivity contribution in [3.8, 4) is 5.75 Å². The SMILES string of the molecule is CCCCC(CC)CNC(=O)C(C)Oc1cc(C)ccc1C(C)C. The first-order valence-corrected chi connectivity index (χ1v) is 9.43. The molecule has 0 aromatic heterocycles. The first kappa shape index (κ1) is 20.5. The highest BCUT2D eigenvalue weighted by Gasteiger charge is 2.18. The van der Waals surface area contributed by atoms with Crippen molar-refractivity contribution in [1.82, 2.24) is 5.32 Å². The Balaban J connectivity index is 2.62. The van der Waals surface area contributed by atoms with Crippen molar-refractivity contribution in [2.24, 2.45) is 5.92 Å². The van der Waals surface area contributed by atoms with E-state index in [1.54, 1.807) is 0 Å². The van der Waals surface area contributed by atoms with Gasteiger partial charge in [0.15, 0.2) is 6.10 Å². The number of nitrogens with one attached hydrogen (secondary N) is 1. The molecule has 0 fully saturated rings. The third kappa shape index (κ3) is 6.54. The van der Waals surface area contributed by atoms with Gasteiger partial charge in [0, 0.05) is 6.54 Å². The van der Waals surface area contributed by atoms with Crippen LogP contribution in [-0.4, -0.2) is 18.6 Å². The molecular formula is C21H35NO2. The van der Waals surface area contributed by atoms with Gasteiger partial charge in [0.1, 0.15) is 5.75 Å². The second kappa shape index (κ2) is 10.4. The largest absolute Gasteiger partial charge is 0.481 e. The summed E-state index contributed by atoms with van der Waals surface area (Å²) >= 11 is 0. The summed E-state index contributed by atoms with van der Waals surface area (Å²) in [4.78, 5) is 12.4. The maximum atomic E-state index is 12.4. The van der Waals surface area contributed by atoms with Gasteiger partial charge in [-0.25, -0.2) is 0 Å². The number of rotatable bonds is 10. The Morgan fingerprint density at radius 3 is 2.50 bits per heavy atom. The van der Waals surface area contributed by atoms with Crippen molar-refractivity contribution in [2.75, 3.05) is 6.54 Å². The lowest BCUT2D eigenvalue weighted by Crippen LogP contribution is -2.39. The lowest BCUT2D eigenvalue weighted by Gasteiger charge is -2.21. The minimum atomic E-state index is -0.479. The van der Waals surface area contributed by atoms with Gasteiger partial charge in [0.2, 0.25) is 0 Å². The lowest BCUT2D eigenvalue weighted by molar-refractivity contribution is -0.127. The Hall–Kier alpha value is -1.51. The molecule has 1 aromatic rings. The predicted octanol–water partition coefficient (Wildman–Crippen LogP) is 5.22. The standard InChI is InChI=1S/C21H35NO2/c1-7-9-10-18(8-2)14-22-21(23)17(6)24-20-13-16(5)11-12-19(20)15(3)4/h11-13,15,17-18H,7-10,14H2,1-6H3,(H,22,23). The van der Waals surface area contributed by atoms with E-state index in [9.17, 15) is 4.79 Å². The summed E-state index contributed by atoms with van der Waals surface area (Å²) in [7, 11) is 0. The molecule has 1 N–H and O–H groups in total. The summed E-state index contributed by atoms with van der Waals surface area (Å²) in [5.41, 5.74) is 2.29. The fourth-order valence-corrected chi connectivity index (χ4v) is 2.80. The second-order valence-corrected chi connectivity index (χ2v) is 7.12. The monoisotopic (exact) mass is 333 g/mol. The van der Waals surface area contributed by atoms with E-state index in [1.165, 1.54) is 19.3 Å². The van der Waals surface area contributed by atoms with Crippen LogP contribution in [0.5, 0.6) is 5.75 Å². The van der Waals surface area contributed by atoms with E-state index in [4.69, 9.17) is 4.74 Å². The highest BCUT2D eigenvalue weighted by molar-refractivity contribution is 5.80. The molecule has 2 unspecified atom stereocenters. The molecule has 136 valence electrons. The molecule has 24 heavy (non-hydrogen) atoms. The fraction of sp³-hybridized carbons (Fsp3) is 0.667. The van der Waals surface area contributed by atoms with E-state index in [2.05, 4.69) is 45.1 Å². The minimum Gasteiger partial charge on any atom is -0.481 e. The highest BCUT2D eigenvalue weighted by atomic mass is 16.5. The van der Waals surface area contributed by atoms with Crippen molar-refractivity contribution in [3.05, 3.63) is 29.3 Å². The molecule has 2 atom stereocenters. The third-order valence-corrected chi connectivity index (χ3v) is 4.57. The Labute approximate surface area is 148 Å². The smallest absolute Gasteiger partial charge is 0.260 e. The Morgan fingerprint density at radius 1 is 1.21 bits per heavy atom. The van der Waals surface area contributed by atoms with Gasteiger partial charge in [0.25, 0.3) is 5.91 Å². The van der Waals surface area contributed by atoms with Crippen LogP contribution in [0.25, 0.3) is 0 Å². The number of benzene rings is 1. The number of hydrogen-bond donors (Lipinski definition) is 1. The van der Waals surface area contributed by atoms with Crippen LogP contribution in [0.2, 0.25) is 0 Å². The van der Waals surface area contributed by atoms with Gasteiger partial charge in [0.05, 0.1) is 0 Å². The van der Waals surface area contributed by atoms with Gasteiger partial charge in [-0.05, 0) is 49.3 Å². The Kier molecular flexibility index (Phi) is 8.88. The molecule has 1 rings (SSSR count). The average Bonchev–Trinajstić information content (AvgIpc) is 2.54. The quantitative estimate of drug-likeness (QED) is 0.637. The summed E-state index contributed by atoms with van der Waals surface area (Å²) < 4.78 is 5.98. The van der Waals surface area contributed by atoms with Crippen LogP contribution in [0.3, 0.4) is 0 Å². The number of carbonyl (C=O) groups excluding carboxylic acids is 1. The summed E-state index contributed by atoms with van der Waals surface area (Å²) in [5, 5.41) is 3.06. The molecule has 3 heteroatoms. The molecule has 1 amide bonds. The molecule has 0 bridgehead atoms. The second-order valence-electron chi connectivity index (χ2n) is 7.12. The molecule has 0 saturated heterocycles. The molecule has 0 aliphatic heterocycles. The molecule has 0 radical (unpaired) electrons. The van der Waals surface area contributed by atoms with Crippen LogP contribution in [0.1, 0.15) is 77.3 Å². The lowest BCUT2D eigenvalue weighted by atomic mass is 9.99. The van der Waals surface area contributed by atoms with Crippen LogP contribution >= 0.6 is 0 Å². The molecule has 0 heterocycles. The number of carbonyl (C=O) groups is 1. The van der Waals surface area contributed by atoms with E-state index < -0.39 is 6.10 Å². The molecular weight excluding hydrogens is 298 g/mol. The maximum Gasteiger partial charge on any atom is 0.260 e. The first-order valence-electron chi connectivity index (χ1n) is 9.43. The number of aryl methyl sites for hydroxylation is 1. The highest BCUT2D eigenvalue weighted by Crippen LogP contribution is 2.28. The van der Waals surface area contributed by atoms with Crippen molar-refractivity contribution < 1.29 is 9.53 Å². The van der Waals surface area contributed by atoms with Gasteiger partial charge < -0.3 is 10.1 Å². The van der Waals surface area contributed by atoms with E-state index in [1.807, 2.05) is 19.9 Å². The summed E-state index contributed by atoms with van der Waals surface area (Å²) in [6.45, 7) is 13.3. The number of ether oxygens (including phenoxy) is 1. The zero-order chi connectivity index (χ0) is 18.1. The van der Waals surface area contributed by atoms with Crippen LogP contribution in [-0.2, 0) is 4.79 Å². The van der Waals surface area contributed by atoms with Gasteiger partial charge in [-0.15, -0.1) is 0 Å². The van der Waals surface area contributed by atoms with E-state index >= 15 is 0 Å². The first-order chi connectivity index (χ1) is 11.4. The average molecular weight is 334 g/mol. The molecule has 0 saturated carbocycles. The summed E-state index contributed by atoms with van der Waals surface area (Å²) in [6.07, 6.45) is 4.23. The molecule has 1 aromatic carbocycles. The van der Waals surface area contributed by atoms with Crippen molar-refractivity contribution in [2.45, 2.75) is 79.2 Å². The van der Waals surface area contributed by atoms with Crippen LogP contribution in [0.4, 0.5) is 0 Å². The summed E-state index contributed by atoms with van der Waals surface area (Å²) in [6, 6.07) is 6.21. The maximum absolute atomic E-state index is 12.4. The topological polar surface area (TPSA) is 38.3 Å². The molecule has 0 spiro atoms. The van der Waals surface area contributed by atoms with Gasteiger partial charge in [-0.2, -0.15) is 0 Å². The van der Waals surface area contributed by atoms with E-state index in [-0.39, 0.29) is 5.91 Å². The van der Waals surface area contributed by atoms with Gasteiger partial charge in [-0.1, -0.05) is 59.1 Å². The third-order valence-electron chi connectivity index (χ3n) is 4.57. The Bertz CT molecular complexity index is 511. The van der Waals surface area contributed by atoms with Gasteiger partial charge >= 0.3 is 0 Å². The van der Waals surface area contributed by atoms with E-state index in [0.29, 0.717) is 11.8 Å². The molecule has 0 aliphatic rings. The predicted molar refractivity (Wildman–Crippen MR) is 102 cm³/mol. The minimum absolute atomic E-state index is 0.0267. The van der Waals surface area contributed by atoms with Crippen LogP contribution in [0.15, 0.2) is 18.2 Å². The number of unbranched alkanes of at least 4 members (excludes halogenated alkanes) is 1. The van der Waals surface area contributed by atoms with Gasteiger partial charge in [-0.3, -0.25) is 4.79 Å². The molecule has 3 nitrogen and oxygen atoms in total. The Morgan fingerprint density at radius 2 is 1.92 bits per heavy atom. The number of amides is 1. The van der Waals surface area contributed by atoms with Crippen molar-refractivity contribution >= 4 is 5.91 Å². The molecule has 0 aliphatic carbocycles. The number of hydrogen-bond acceptors (Lipinski definition) is 2.